The summed E-state index contributed by atoms with van der Waals surface area (Å²) in [5, 5.41) is 12.1. The summed E-state index contributed by atoms with van der Waals surface area (Å²) in [6.07, 6.45) is -0.650. The Morgan fingerprint density at radius 2 is 1.86 bits per heavy atom. The van der Waals surface area contributed by atoms with E-state index in [4.69, 9.17) is 16.3 Å². The van der Waals surface area contributed by atoms with Crippen molar-refractivity contribution in [2.45, 2.75) is 42.9 Å². The van der Waals surface area contributed by atoms with E-state index >= 15 is 0 Å². The first-order chi connectivity index (χ1) is 13.9. The van der Waals surface area contributed by atoms with Crippen LogP contribution in [0.1, 0.15) is 37.8 Å². The summed E-state index contributed by atoms with van der Waals surface area (Å²) in [5.41, 5.74) is 2.26. The zero-order valence-electron chi connectivity index (χ0n) is 16.4. The highest BCUT2D eigenvalue weighted by Crippen LogP contribution is 2.30. The summed E-state index contributed by atoms with van der Waals surface area (Å²) in [5.74, 6) is 1.53. The Morgan fingerprint density at radius 1 is 1.14 bits per heavy atom. The molecular weight excluding hydrogens is 426 g/mol. The molecule has 0 saturated carbocycles. The monoisotopic (exact) mass is 447 g/mol. The van der Waals surface area contributed by atoms with Crippen molar-refractivity contribution < 1.29 is 9.53 Å². The van der Waals surface area contributed by atoms with E-state index in [-0.39, 0.29) is 5.91 Å². The predicted octanol–water partition coefficient (Wildman–Crippen LogP) is 6.01. The number of hydrogen-bond donors (Lipinski definition) is 1. The number of nitrogens with one attached hydrogen (secondary N) is 1. The number of aromatic nitrogens is 2. The lowest BCUT2D eigenvalue weighted by Crippen LogP contribution is -2.30. The van der Waals surface area contributed by atoms with Gasteiger partial charge in [-0.3, -0.25) is 10.1 Å². The first-order valence-electron chi connectivity index (χ1n) is 9.19. The third kappa shape index (κ3) is 6.19. The zero-order chi connectivity index (χ0) is 20.8. The second-order valence-electron chi connectivity index (χ2n) is 6.73. The molecule has 0 saturated heterocycles. The third-order valence-corrected chi connectivity index (χ3v) is 6.56. The molecule has 3 aromatic rings. The molecule has 152 valence electrons. The third-order valence-electron chi connectivity index (χ3n) is 4.17. The number of nitrogens with zero attached hydrogens (tertiary/aromatic N) is 2. The highest BCUT2D eigenvalue weighted by Gasteiger charge is 2.17. The van der Waals surface area contributed by atoms with Gasteiger partial charge in [-0.1, -0.05) is 78.9 Å². The number of anilines is 1. The molecule has 1 N–H and O–H groups in total. The Kier molecular flexibility index (Phi) is 7.52. The number of benzene rings is 2. The van der Waals surface area contributed by atoms with Gasteiger partial charge in [0.2, 0.25) is 5.13 Å². The second-order valence-corrected chi connectivity index (χ2v) is 9.33. The standard InChI is InChI=1S/C21H22ClN3O2S2/c1-13(2)15-8-10-17(11-9-15)27-14(3)19(26)23-20-24-25-21(29-20)28-12-16-6-4-5-7-18(16)22/h4-11,13-14H,12H2,1-3H3,(H,23,24,26). The van der Waals surface area contributed by atoms with E-state index < -0.39 is 6.10 Å². The fraction of sp³-hybridized carbons (Fsp3) is 0.286. The number of halogens is 1. The fourth-order valence-corrected chi connectivity index (χ4v) is 4.51. The van der Waals surface area contributed by atoms with Crippen LogP contribution in [-0.4, -0.2) is 22.2 Å². The summed E-state index contributed by atoms with van der Waals surface area (Å²) in [6, 6.07) is 15.5. The zero-order valence-corrected chi connectivity index (χ0v) is 18.8. The summed E-state index contributed by atoms with van der Waals surface area (Å²) in [4.78, 5) is 12.4. The van der Waals surface area contributed by atoms with Gasteiger partial charge in [0.25, 0.3) is 5.91 Å². The van der Waals surface area contributed by atoms with Gasteiger partial charge in [-0.2, -0.15) is 0 Å². The average molecular weight is 448 g/mol. The maximum absolute atomic E-state index is 12.4. The van der Waals surface area contributed by atoms with Gasteiger partial charge in [-0.25, -0.2) is 0 Å². The lowest BCUT2D eigenvalue weighted by atomic mass is 10.0. The molecule has 29 heavy (non-hydrogen) atoms. The Hall–Kier alpha value is -2.09. The normalized spacial score (nSPS) is 12.0. The second kappa shape index (κ2) is 10.1. The predicted molar refractivity (Wildman–Crippen MR) is 120 cm³/mol. The molecule has 0 fully saturated rings. The van der Waals surface area contributed by atoms with Crippen LogP contribution in [0.4, 0.5) is 5.13 Å². The van der Waals surface area contributed by atoms with Crippen LogP contribution < -0.4 is 10.1 Å². The molecule has 3 rings (SSSR count). The Labute approximate surface area is 183 Å². The molecule has 1 aromatic heterocycles. The minimum atomic E-state index is -0.650. The Bertz CT molecular complexity index is 961. The van der Waals surface area contributed by atoms with Crippen LogP contribution in [0.15, 0.2) is 52.9 Å². The first-order valence-corrected chi connectivity index (χ1v) is 11.4. The molecule has 0 radical (unpaired) electrons. The first kappa shape index (κ1) is 21.6. The largest absolute Gasteiger partial charge is 0.481 e. The molecule has 0 spiro atoms. The quantitative estimate of drug-likeness (QED) is 0.338. The average Bonchev–Trinajstić information content (AvgIpc) is 3.15. The summed E-state index contributed by atoms with van der Waals surface area (Å²) in [6.45, 7) is 5.98. The molecule has 1 unspecified atom stereocenters. The highest BCUT2D eigenvalue weighted by atomic mass is 35.5. The minimum absolute atomic E-state index is 0.267. The summed E-state index contributed by atoms with van der Waals surface area (Å²) in [7, 11) is 0. The van der Waals surface area contributed by atoms with Gasteiger partial charge in [0.05, 0.1) is 0 Å². The molecule has 1 amide bonds. The van der Waals surface area contributed by atoms with Crippen LogP contribution in [0.3, 0.4) is 0 Å². The van der Waals surface area contributed by atoms with Crippen molar-refractivity contribution in [3.63, 3.8) is 0 Å². The summed E-state index contributed by atoms with van der Waals surface area (Å²) >= 11 is 9.03. The minimum Gasteiger partial charge on any atom is -0.481 e. The molecular formula is C21H22ClN3O2S2. The fourth-order valence-electron chi connectivity index (χ4n) is 2.47. The van der Waals surface area contributed by atoms with Crippen LogP contribution in [0.2, 0.25) is 5.02 Å². The SMILES string of the molecule is CC(Oc1ccc(C(C)C)cc1)C(=O)Nc1nnc(SCc2ccccc2Cl)s1. The van der Waals surface area contributed by atoms with Gasteiger partial charge < -0.3 is 4.74 Å². The van der Waals surface area contributed by atoms with Gasteiger partial charge in [0, 0.05) is 10.8 Å². The van der Waals surface area contributed by atoms with Gasteiger partial charge >= 0.3 is 0 Å². The maximum Gasteiger partial charge on any atom is 0.266 e. The van der Waals surface area contributed by atoms with E-state index in [0.29, 0.717) is 22.6 Å². The van der Waals surface area contributed by atoms with Crippen molar-refractivity contribution in [1.29, 1.82) is 0 Å². The molecule has 0 bridgehead atoms. The van der Waals surface area contributed by atoms with Gasteiger partial charge in [-0.05, 0) is 42.2 Å². The molecule has 8 heteroatoms. The van der Waals surface area contributed by atoms with Gasteiger partial charge in [0.15, 0.2) is 10.4 Å². The number of amides is 1. The van der Waals surface area contributed by atoms with Crippen molar-refractivity contribution >= 4 is 45.7 Å². The number of ether oxygens (including phenoxy) is 1. The van der Waals surface area contributed by atoms with Crippen LogP contribution in [0.5, 0.6) is 5.75 Å². The smallest absolute Gasteiger partial charge is 0.266 e. The highest BCUT2D eigenvalue weighted by molar-refractivity contribution is 8.00. The topological polar surface area (TPSA) is 64.1 Å². The number of hydrogen-bond acceptors (Lipinski definition) is 6. The Balaban J connectivity index is 1.52. The molecule has 5 nitrogen and oxygen atoms in total. The molecule has 2 aromatic carbocycles. The molecule has 0 aliphatic heterocycles. The molecule has 1 atom stereocenters. The van der Waals surface area contributed by atoms with Crippen LogP contribution in [0.25, 0.3) is 0 Å². The van der Waals surface area contributed by atoms with Gasteiger partial charge in [-0.15, -0.1) is 10.2 Å². The van der Waals surface area contributed by atoms with E-state index in [2.05, 4.69) is 29.4 Å². The van der Waals surface area contributed by atoms with E-state index in [1.54, 1.807) is 6.92 Å². The van der Waals surface area contributed by atoms with Crippen LogP contribution in [-0.2, 0) is 10.5 Å². The van der Waals surface area contributed by atoms with Crippen molar-refractivity contribution in [2.24, 2.45) is 0 Å². The van der Waals surface area contributed by atoms with Crippen molar-refractivity contribution in [1.82, 2.24) is 10.2 Å². The van der Waals surface area contributed by atoms with Gasteiger partial charge in [0.1, 0.15) is 5.75 Å². The molecule has 0 aliphatic rings. The van der Waals surface area contributed by atoms with Crippen molar-refractivity contribution in [3.8, 4) is 5.75 Å². The maximum atomic E-state index is 12.4. The molecule has 1 heterocycles. The van der Waals surface area contributed by atoms with E-state index in [1.807, 2.05) is 48.5 Å². The van der Waals surface area contributed by atoms with E-state index in [9.17, 15) is 4.79 Å². The lowest BCUT2D eigenvalue weighted by Gasteiger charge is -2.14. The summed E-state index contributed by atoms with van der Waals surface area (Å²) < 4.78 is 6.50. The molecule has 0 aliphatic carbocycles. The van der Waals surface area contributed by atoms with E-state index in [0.717, 1.165) is 14.9 Å². The lowest BCUT2D eigenvalue weighted by molar-refractivity contribution is -0.122. The number of carbonyl (C=O) groups is 1. The van der Waals surface area contributed by atoms with Crippen molar-refractivity contribution in [3.05, 3.63) is 64.7 Å². The van der Waals surface area contributed by atoms with Crippen LogP contribution >= 0.6 is 34.7 Å². The number of thioether (sulfide) groups is 1. The number of carbonyl (C=O) groups excluding carboxylic acids is 1. The Morgan fingerprint density at radius 3 is 2.55 bits per heavy atom. The van der Waals surface area contributed by atoms with Crippen molar-refractivity contribution in [2.75, 3.05) is 5.32 Å². The number of rotatable bonds is 8. The van der Waals surface area contributed by atoms with Crippen LogP contribution in [0, 0.1) is 0 Å². The van der Waals surface area contributed by atoms with E-state index in [1.165, 1.54) is 28.7 Å².